The molecule has 0 aliphatic carbocycles. The molecule has 1 fully saturated rings. The van der Waals surface area contributed by atoms with E-state index in [9.17, 15) is 4.79 Å². The summed E-state index contributed by atoms with van der Waals surface area (Å²) in [6, 6.07) is 0. The Morgan fingerprint density at radius 2 is 2.14 bits per heavy atom. The minimum absolute atomic E-state index is 0. The van der Waals surface area contributed by atoms with Gasteiger partial charge in [0.05, 0.1) is 7.11 Å². The van der Waals surface area contributed by atoms with E-state index in [1.807, 2.05) is 11.8 Å². The smallest absolute Gasteiger partial charge is 0.305 e. The number of hydrogen-bond donors (Lipinski definition) is 2. The number of guanidine groups is 1. The van der Waals surface area contributed by atoms with Gasteiger partial charge in [0.15, 0.2) is 5.96 Å². The molecule has 1 rings (SSSR count). The molecule has 1 saturated heterocycles. The third-order valence-corrected chi connectivity index (χ3v) is 5.02. The number of thioether (sulfide) groups is 1. The first-order valence-corrected chi connectivity index (χ1v) is 8.23. The lowest BCUT2D eigenvalue weighted by Gasteiger charge is -2.24. The van der Waals surface area contributed by atoms with Gasteiger partial charge in [0.1, 0.15) is 0 Å². The molecule has 0 aromatic rings. The van der Waals surface area contributed by atoms with Crippen LogP contribution in [0.2, 0.25) is 0 Å². The first-order valence-electron chi connectivity index (χ1n) is 7.25. The number of nitrogens with one attached hydrogen (secondary N) is 2. The lowest BCUT2D eigenvalue weighted by molar-refractivity contribution is -0.140. The van der Waals surface area contributed by atoms with Gasteiger partial charge in [-0.3, -0.25) is 9.79 Å². The Labute approximate surface area is 149 Å². The second kappa shape index (κ2) is 11.4. The lowest BCUT2D eigenvalue weighted by atomic mass is 10.1. The van der Waals surface area contributed by atoms with Crippen LogP contribution in [0, 0.1) is 0 Å². The average molecular weight is 429 g/mol. The van der Waals surface area contributed by atoms with Crippen molar-refractivity contribution < 1.29 is 9.53 Å². The second-order valence-corrected chi connectivity index (χ2v) is 6.97. The highest BCUT2D eigenvalue weighted by molar-refractivity contribution is 14.0. The molecule has 0 aromatic carbocycles. The first-order chi connectivity index (χ1) is 9.59. The SMILES string of the molecule is CN=C(NCCCCC(=O)OC)NCC1(C)CCCS1.I. The van der Waals surface area contributed by atoms with Crippen molar-refractivity contribution in [3.63, 3.8) is 0 Å². The van der Waals surface area contributed by atoms with Crippen molar-refractivity contribution in [1.82, 2.24) is 10.6 Å². The Morgan fingerprint density at radius 3 is 2.71 bits per heavy atom. The average Bonchev–Trinajstić information content (AvgIpc) is 2.88. The molecule has 0 aromatic heterocycles. The Morgan fingerprint density at radius 1 is 1.38 bits per heavy atom. The molecular weight excluding hydrogens is 401 g/mol. The summed E-state index contributed by atoms with van der Waals surface area (Å²) in [6.07, 6.45) is 4.83. The van der Waals surface area contributed by atoms with Gasteiger partial charge in [0, 0.05) is 31.3 Å². The minimum atomic E-state index is -0.140. The van der Waals surface area contributed by atoms with Crippen LogP contribution in [-0.4, -0.2) is 49.7 Å². The van der Waals surface area contributed by atoms with Crippen molar-refractivity contribution in [2.45, 2.75) is 43.8 Å². The zero-order valence-electron chi connectivity index (χ0n) is 13.2. The predicted octanol–water partition coefficient (Wildman–Crippen LogP) is 2.40. The van der Waals surface area contributed by atoms with Crippen molar-refractivity contribution in [2.75, 3.05) is 33.0 Å². The molecule has 7 heteroatoms. The van der Waals surface area contributed by atoms with Crippen LogP contribution in [-0.2, 0) is 9.53 Å². The summed E-state index contributed by atoms with van der Waals surface area (Å²) in [7, 11) is 3.21. The number of methoxy groups -OCH3 is 1. The van der Waals surface area contributed by atoms with Gasteiger partial charge >= 0.3 is 5.97 Å². The van der Waals surface area contributed by atoms with Gasteiger partial charge in [-0.25, -0.2) is 0 Å². The van der Waals surface area contributed by atoms with E-state index in [1.165, 1.54) is 25.7 Å². The molecule has 2 N–H and O–H groups in total. The molecule has 5 nitrogen and oxygen atoms in total. The van der Waals surface area contributed by atoms with Crippen LogP contribution in [0.25, 0.3) is 0 Å². The number of rotatable bonds is 7. The van der Waals surface area contributed by atoms with E-state index in [0.717, 1.165) is 31.9 Å². The Balaban J connectivity index is 0.00000400. The fourth-order valence-electron chi connectivity index (χ4n) is 2.17. The fourth-order valence-corrected chi connectivity index (χ4v) is 3.42. The summed E-state index contributed by atoms with van der Waals surface area (Å²) in [5.41, 5.74) is 0. The van der Waals surface area contributed by atoms with Gasteiger partial charge in [-0.05, 0) is 38.4 Å². The maximum absolute atomic E-state index is 11.0. The van der Waals surface area contributed by atoms with Gasteiger partial charge < -0.3 is 15.4 Å². The van der Waals surface area contributed by atoms with Crippen molar-refractivity contribution >= 4 is 47.7 Å². The zero-order valence-corrected chi connectivity index (χ0v) is 16.4. The second-order valence-electron chi connectivity index (χ2n) is 5.29. The Hall–Kier alpha value is -0.180. The summed E-state index contributed by atoms with van der Waals surface area (Å²) < 4.78 is 4.94. The normalized spacial score (nSPS) is 21.6. The highest BCUT2D eigenvalue weighted by atomic mass is 127. The van der Waals surface area contributed by atoms with Gasteiger partial charge in [0.25, 0.3) is 0 Å². The number of esters is 1. The molecule has 0 spiro atoms. The Kier molecular flexibility index (Phi) is 11.3. The highest BCUT2D eigenvalue weighted by Crippen LogP contribution is 2.36. The van der Waals surface area contributed by atoms with Crippen LogP contribution in [0.15, 0.2) is 4.99 Å². The summed E-state index contributed by atoms with van der Waals surface area (Å²) in [5.74, 6) is 1.97. The third-order valence-electron chi connectivity index (χ3n) is 3.48. The summed E-state index contributed by atoms with van der Waals surface area (Å²) in [6.45, 7) is 4.07. The first kappa shape index (κ1) is 20.8. The largest absolute Gasteiger partial charge is 0.469 e. The van der Waals surface area contributed by atoms with E-state index in [1.54, 1.807) is 7.05 Å². The van der Waals surface area contributed by atoms with Gasteiger partial charge in [-0.2, -0.15) is 11.8 Å². The molecule has 21 heavy (non-hydrogen) atoms. The third kappa shape index (κ3) is 8.75. The van der Waals surface area contributed by atoms with E-state index in [2.05, 4.69) is 27.3 Å². The topological polar surface area (TPSA) is 62.7 Å². The molecule has 0 radical (unpaired) electrons. The zero-order chi connectivity index (χ0) is 14.8. The number of halogens is 1. The summed E-state index contributed by atoms with van der Waals surface area (Å²) in [5, 5.41) is 6.67. The molecule has 0 bridgehead atoms. The van der Waals surface area contributed by atoms with E-state index < -0.39 is 0 Å². The predicted molar refractivity (Wildman–Crippen MR) is 101 cm³/mol. The van der Waals surface area contributed by atoms with Crippen LogP contribution in [0.3, 0.4) is 0 Å². The molecule has 1 aliphatic rings. The maximum atomic E-state index is 11.0. The molecule has 0 saturated carbocycles. The maximum Gasteiger partial charge on any atom is 0.305 e. The van der Waals surface area contributed by atoms with E-state index in [0.29, 0.717) is 11.2 Å². The number of aliphatic imine (C=N–C) groups is 1. The lowest BCUT2D eigenvalue weighted by Crippen LogP contribution is -2.43. The summed E-state index contributed by atoms with van der Waals surface area (Å²) >= 11 is 2.04. The van der Waals surface area contributed by atoms with Crippen molar-refractivity contribution in [2.24, 2.45) is 4.99 Å². The standard InChI is InChI=1S/C14H27N3O2S.HI/c1-14(8-6-10-20-14)11-17-13(15-2)16-9-5-4-7-12(18)19-3;/h4-11H2,1-3H3,(H2,15,16,17);1H. The van der Waals surface area contributed by atoms with E-state index in [4.69, 9.17) is 0 Å². The van der Waals surface area contributed by atoms with Crippen LogP contribution in [0.5, 0.6) is 0 Å². The van der Waals surface area contributed by atoms with Gasteiger partial charge in [0.2, 0.25) is 0 Å². The molecule has 1 heterocycles. The number of nitrogens with zero attached hydrogens (tertiary/aromatic N) is 1. The van der Waals surface area contributed by atoms with E-state index >= 15 is 0 Å². The molecule has 124 valence electrons. The molecule has 0 amide bonds. The van der Waals surface area contributed by atoms with Crippen molar-refractivity contribution in [3.05, 3.63) is 0 Å². The monoisotopic (exact) mass is 429 g/mol. The quantitative estimate of drug-likeness (QED) is 0.214. The van der Waals surface area contributed by atoms with Gasteiger partial charge in [-0.1, -0.05) is 0 Å². The van der Waals surface area contributed by atoms with Crippen LogP contribution in [0.1, 0.15) is 39.0 Å². The van der Waals surface area contributed by atoms with Gasteiger partial charge in [-0.15, -0.1) is 24.0 Å². The van der Waals surface area contributed by atoms with Crippen LogP contribution in [0.4, 0.5) is 0 Å². The number of hydrogen-bond acceptors (Lipinski definition) is 4. The van der Waals surface area contributed by atoms with Crippen molar-refractivity contribution in [1.29, 1.82) is 0 Å². The number of ether oxygens (including phenoxy) is 1. The molecular formula is C14H28IN3O2S. The van der Waals surface area contributed by atoms with Crippen LogP contribution < -0.4 is 10.6 Å². The number of carbonyl (C=O) groups is 1. The van der Waals surface area contributed by atoms with Crippen LogP contribution >= 0.6 is 35.7 Å². The van der Waals surface area contributed by atoms with Crippen molar-refractivity contribution in [3.8, 4) is 0 Å². The molecule has 1 aliphatic heterocycles. The highest BCUT2D eigenvalue weighted by Gasteiger charge is 2.29. The minimum Gasteiger partial charge on any atom is -0.469 e. The molecule has 1 atom stereocenters. The Bertz CT molecular complexity index is 334. The fraction of sp³-hybridized carbons (Fsp3) is 0.857. The number of carbonyl (C=O) groups excluding carboxylic acids is 1. The summed E-state index contributed by atoms with van der Waals surface area (Å²) in [4.78, 5) is 15.2. The molecule has 1 unspecified atom stereocenters. The van der Waals surface area contributed by atoms with E-state index in [-0.39, 0.29) is 29.9 Å². The number of unbranched alkanes of at least 4 members (excludes halogenated alkanes) is 1.